The highest BCUT2D eigenvalue weighted by Gasteiger charge is 2.33. The van der Waals surface area contributed by atoms with E-state index in [2.05, 4.69) is 49.1 Å². The van der Waals surface area contributed by atoms with Gasteiger partial charge in [0.1, 0.15) is 0 Å². The summed E-state index contributed by atoms with van der Waals surface area (Å²) in [6.45, 7) is 4.68. The Morgan fingerprint density at radius 1 is 1.24 bits per heavy atom. The van der Waals surface area contributed by atoms with E-state index < -0.39 is 0 Å². The highest BCUT2D eigenvalue weighted by atomic mass is 127. The molecule has 0 bridgehead atoms. The van der Waals surface area contributed by atoms with E-state index in [1.807, 2.05) is 13.1 Å². The fourth-order valence-corrected chi connectivity index (χ4v) is 3.35. The van der Waals surface area contributed by atoms with Crippen LogP contribution in [-0.2, 0) is 0 Å². The van der Waals surface area contributed by atoms with E-state index in [4.69, 9.17) is 0 Å². The SMILES string of the molecule is CN=C(NCC(C1CC1)N(C)C)N1CCN(c2ncccn2)CC1.I. The van der Waals surface area contributed by atoms with Crippen molar-refractivity contribution in [3.05, 3.63) is 18.5 Å². The number of rotatable bonds is 5. The first-order valence-corrected chi connectivity index (χ1v) is 8.83. The molecular formula is C17H30IN7. The molecule has 1 aliphatic carbocycles. The van der Waals surface area contributed by atoms with E-state index in [1.165, 1.54) is 12.8 Å². The number of aliphatic imine (C=N–C) groups is 1. The second kappa shape index (κ2) is 9.51. The van der Waals surface area contributed by atoms with Gasteiger partial charge in [-0.05, 0) is 38.9 Å². The Bertz CT molecular complexity index is 537. The van der Waals surface area contributed by atoms with Gasteiger partial charge < -0.3 is 20.0 Å². The van der Waals surface area contributed by atoms with E-state index in [1.54, 1.807) is 12.4 Å². The van der Waals surface area contributed by atoms with Crippen molar-refractivity contribution in [2.45, 2.75) is 18.9 Å². The van der Waals surface area contributed by atoms with Crippen LogP contribution in [0.3, 0.4) is 0 Å². The van der Waals surface area contributed by atoms with Gasteiger partial charge in [0.15, 0.2) is 5.96 Å². The Labute approximate surface area is 167 Å². The second-order valence-corrected chi connectivity index (χ2v) is 6.82. The normalized spacial score (nSPS) is 19.6. The number of anilines is 1. The van der Waals surface area contributed by atoms with Crippen molar-refractivity contribution in [1.82, 2.24) is 25.1 Å². The summed E-state index contributed by atoms with van der Waals surface area (Å²) >= 11 is 0. The Morgan fingerprint density at radius 3 is 2.40 bits per heavy atom. The van der Waals surface area contributed by atoms with Gasteiger partial charge in [0, 0.05) is 58.2 Å². The molecule has 2 fully saturated rings. The maximum absolute atomic E-state index is 4.48. The van der Waals surface area contributed by atoms with Crippen LogP contribution in [0.5, 0.6) is 0 Å². The van der Waals surface area contributed by atoms with Crippen molar-refractivity contribution in [2.24, 2.45) is 10.9 Å². The first-order valence-electron chi connectivity index (χ1n) is 8.83. The van der Waals surface area contributed by atoms with Gasteiger partial charge in [0.2, 0.25) is 5.95 Å². The summed E-state index contributed by atoms with van der Waals surface area (Å²) in [5.74, 6) is 2.68. The molecule has 8 heteroatoms. The van der Waals surface area contributed by atoms with E-state index in [9.17, 15) is 0 Å². The van der Waals surface area contributed by atoms with Crippen LogP contribution in [0.15, 0.2) is 23.5 Å². The van der Waals surface area contributed by atoms with E-state index in [0.717, 1.165) is 50.5 Å². The largest absolute Gasteiger partial charge is 0.355 e. The molecule has 0 aromatic carbocycles. The fourth-order valence-electron chi connectivity index (χ4n) is 3.35. The van der Waals surface area contributed by atoms with E-state index in [-0.39, 0.29) is 24.0 Å². The van der Waals surface area contributed by atoms with Crippen molar-refractivity contribution in [2.75, 3.05) is 58.8 Å². The van der Waals surface area contributed by atoms with Crippen LogP contribution in [-0.4, -0.2) is 85.6 Å². The number of halogens is 1. The van der Waals surface area contributed by atoms with Gasteiger partial charge in [-0.1, -0.05) is 0 Å². The third-order valence-electron chi connectivity index (χ3n) is 4.92. The summed E-state index contributed by atoms with van der Waals surface area (Å²) in [4.78, 5) is 20.1. The Hall–Kier alpha value is -1.16. The van der Waals surface area contributed by atoms with Gasteiger partial charge in [-0.3, -0.25) is 4.99 Å². The molecule has 2 aliphatic rings. The summed E-state index contributed by atoms with van der Waals surface area (Å²) in [5.41, 5.74) is 0. The average molecular weight is 459 g/mol. The zero-order chi connectivity index (χ0) is 16.9. The lowest BCUT2D eigenvalue weighted by Gasteiger charge is -2.37. The van der Waals surface area contributed by atoms with Crippen molar-refractivity contribution < 1.29 is 0 Å². The van der Waals surface area contributed by atoms with Gasteiger partial charge in [-0.2, -0.15) is 0 Å². The first kappa shape index (κ1) is 20.2. The Balaban J connectivity index is 0.00000225. The molecule has 1 saturated heterocycles. The summed E-state index contributed by atoms with van der Waals surface area (Å²) in [7, 11) is 6.22. The minimum atomic E-state index is 0. The third kappa shape index (κ3) is 5.40. The Kier molecular flexibility index (Phi) is 7.67. The van der Waals surface area contributed by atoms with Gasteiger partial charge in [0.05, 0.1) is 0 Å². The van der Waals surface area contributed by atoms with Crippen molar-refractivity contribution in [3.8, 4) is 0 Å². The van der Waals surface area contributed by atoms with Gasteiger partial charge >= 0.3 is 0 Å². The lowest BCUT2D eigenvalue weighted by atomic mass is 10.1. The highest BCUT2D eigenvalue weighted by Crippen LogP contribution is 2.34. The molecule has 0 radical (unpaired) electrons. The zero-order valence-electron chi connectivity index (χ0n) is 15.4. The molecule has 0 amide bonds. The molecule has 2 heterocycles. The molecule has 1 aliphatic heterocycles. The number of nitrogens with zero attached hydrogens (tertiary/aromatic N) is 6. The second-order valence-electron chi connectivity index (χ2n) is 6.82. The zero-order valence-corrected chi connectivity index (χ0v) is 17.8. The van der Waals surface area contributed by atoms with E-state index in [0.29, 0.717) is 6.04 Å². The van der Waals surface area contributed by atoms with Gasteiger partial charge in [0.25, 0.3) is 0 Å². The summed E-state index contributed by atoms with van der Waals surface area (Å²) in [5, 5.41) is 3.58. The van der Waals surface area contributed by atoms with Gasteiger partial charge in [-0.15, -0.1) is 24.0 Å². The summed E-state index contributed by atoms with van der Waals surface area (Å²) in [6.07, 6.45) is 6.32. The average Bonchev–Trinajstić information content (AvgIpc) is 3.44. The standard InChI is InChI=1S/C17H29N7.HI/c1-18-16(21-13-15(22(2)3)14-5-6-14)23-9-11-24(12-10-23)17-19-7-4-8-20-17;/h4,7-8,14-15H,5-6,9-13H2,1-3H3,(H,18,21);1H. The maximum atomic E-state index is 4.48. The maximum Gasteiger partial charge on any atom is 0.225 e. The van der Waals surface area contributed by atoms with Crippen LogP contribution < -0.4 is 10.2 Å². The predicted octanol–water partition coefficient (Wildman–Crippen LogP) is 1.13. The van der Waals surface area contributed by atoms with E-state index >= 15 is 0 Å². The molecule has 1 aromatic rings. The number of likely N-dealkylation sites (N-methyl/N-ethyl adjacent to an activating group) is 1. The lowest BCUT2D eigenvalue weighted by molar-refractivity contribution is 0.260. The van der Waals surface area contributed by atoms with Crippen LogP contribution in [0.25, 0.3) is 0 Å². The number of guanidine groups is 1. The number of nitrogens with one attached hydrogen (secondary N) is 1. The molecule has 7 nitrogen and oxygen atoms in total. The Morgan fingerprint density at radius 2 is 1.88 bits per heavy atom. The monoisotopic (exact) mass is 459 g/mol. The van der Waals surface area contributed by atoms with Crippen LogP contribution >= 0.6 is 24.0 Å². The number of piperazine rings is 1. The summed E-state index contributed by atoms with van der Waals surface area (Å²) < 4.78 is 0. The number of hydrogen-bond acceptors (Lipinski definition) is 5. The van der Waals surface area contributed by atoms with Crippen LogP contribution in [0.4, 0.5) is 5.95 Å². The van der Waals surface area contributed by atoms with Crippen molar-refractivity contribution >= 4 is 35.9 Å². The number of hydrogen-bond donors (Lipinski definition) is 1. The molecule has 1 unspecified atom stereocenters. The molecule has 25 heavy (non-hydrogen) atoms. The third-order valence-corrected chi connectivity index (χ3v) is 4.92. The topological polar surface area (TPSA) is 59.9 Å². The first-order chi connectivity index (χ1) is 11.7. The van der Waals surface area contributed by atoms with Crippen molar-refractivity contribution in [3.63, 3.8) is 0 Å². The lowest BCUT2D eigenvalue weighted by Crippen LogP contribution is -2.54. The smallest absolute Gasteiger partial charge is 0.225 e. The summed E-state index contributed by atoms with van der Waals surface area (Å²) in [6, 6.07) is 2.45. The molecule has 1 N–H and O–H groups in total. The van der Waals surface area contributed by atoms with Crippen LogP contribution in [0, 0.1) is 5.92 Å². The van der Waals surface area contributed by atoms with Crippen LogP contribution in [0.1, 0.15) is 12.8 Å². The molecule has 1 aromatic heterocycles. The molecular weight excluding hydrogens is 429 g/mol. The number of aromatic nitrogens is 2. The molecule has 0 spiro atoms. The molecule has 1 atom stereocenters. The minimum absolute atomic E-state index is 0. The van der Waals surface area contributed by atoms with Crippen molar-refractivity contribution in [1.29, 1.82) is 0 Å². The molecule has 3 rings (SSSR count). The quantitative estimate of drug-likeness (QED) is 0.405. The van der Waals surface area contributed by atoms with Gasteiger partial charge in [-0.25, -0.2) is 9.97 Å². The van der Waals surface area contributed by atoms with Crippen LogP contribution in [0.2, 0.25) is 0 Å². The predicted molar refractivity (Wildman–Crippen MR) is 113 cm³/mol. The molecule has 1 saturated carbocycles. The fraction of sp³-hybridized carbons (Fsp3) is 0.706. The highest BCUT2D eigenvalue weighted by molar-refractivity contribution is 14.0. The molecule has 140 valence electrons. The minimum Gasteiger partial charge on any atom is -0.355 e.